The van der Waals surface area contributed by atoms with E-state index in [-0.39, 0.29) is 0 Å². The van der Waals surface area contributed by atoms with Gasteiger partial charge in [0.15, 0.2) is 0 Å². The molecule has 1 unspecified atom stereocenters. The van der Waals surface area contributed by atoms with Gasteiger partial charge in [-0.25, -0.2) is 0 Å². The molecule has 2 aromatic carbocycles. The Labute approximate surface area is 116 Å². The highest BCUT2D eigenvalue weighted by Gasteiger charge is 2.15. The molecule has 0 aliphatic rings. The summed E-state index contributed by atoms with van der Waals surface area (Å²) in [5.74, 6) is 0. The van der Waals surface area contributed by atoms with Crippen LogP contribution in [0.3, 0.4) is 0 Å². The normalized spacial score (nSPS) is 12.4. The van der Waals surface area contributed by atoms with Gasteiger partial charge in [-0.05, 0) is 56.5 Å². The maximum atomic E-state index is 3.47. The van der Waals surface area contributed by atoms with Crippen molar-refractivity contribution >= 4 is 0 Å². The van der Waals surface area contributed by atoms with Crippen molar-refractivity contribution in [3.63, 3.8) is 0 Å². The first-order valence-electron chi connectivity index (χ1n) is 6.90. The van der Waals surface area contributed by atoms with E-state index in [2.05, 4.69) is 68.6 Å². The molecule has 1 atom stereocenters. The second kappa shape index (κ2) is 6.03. The van der Waals surface area contributed by atoms with E-state index in [1.165, 1.54) is 27.8 Å². The highest BCUT2D eigenvalue weighted by Crippen LogP contribution is 2.26. The second-order valence-electron chi connectivity index (χ2n) is 5.34. The summed E-state index contributed by atoms with van der Waals surface area (Å²) < 4.78 is 0. The summed E-state index contributed by atoms with van der Waals surface area (Å²) >= 11 is 0. The molecule has 0 spiro atoms. The molecule has 0 amide bonds. The summed E-state index contributed by atoms with van der Waals surface area (Å²) in [5, 5.41) is 3.47. The third kappa shape index (κ3) is 3.24. The predicted octanol–water partition coefficient (Wildman–Crippen LogP) is 4.12. The van der Waals surface area contributed by atoms with Gasteiger partial charge < -0.3 is 5.32 Å². The van der Waals surface area contributed by atoms with E-state index in [0.717, 1.165) is 6.42 Å². The Morgan fingerprint density at radius 3 is 2.05 bits per heavy atom. The van der Waals surface area contributed by atoms with Crippen molar-refractivity contribution in [3.05, 3.63) is 70.3 Å². The molecule has 0 aliphatic heterocycles. The van der Waals surface area contributed by atoms with Crippen molar-refractivity contribution in [2.45, 2.75) is 33.2 Å². The lowest BCUT2D eigenvalue weighted by Gasteiger charge is -2.22. The van der Waals surface area contributed by atoms with E-state index in [1.54, 1.807) is 0 Å². The fourth-order valence-electron chi connectivity index (χ4n) is 2.94. The van der Waals surface area contributed by atoms with E-state index in [0.29, 0.717) is 6.04 Å². The van der Waals surface area contributed by atoms with Gasteiger partial charge in [-0.2, -0.15) is 0 Å². The summed E-state index contributed by atoms with van der Waals surface area (Å²) in [7, 11) is 2.05. The molecule has 0 aliphatic carbocycles. The van der Waals surface area contributed by atoms with Crippen LogP contribution in [-0.2, 0) is 6.42 Å². The Morgan fingerprint density at radius 1 is 0.947 bits per heavy atom. The van der Waals surface area contributed by atoms with Crippen molar-refractivity contribution in [2.75, 3.05) is 7.05 Å². The van der Waals surface area contributed by atoms with Gasteiger partial charge in [0, 0.05) is 6.04 Å². The zero-order valence-electron chi connectivity index (χ0n) is 12.3. The first kappa shape index (κ1) is 13.8. The van der Waals surface area contributed by atoms with Crippen LogP contribution in [0.2, 0.25) is 0 Å². The van der Waals surface area contributed by atoms with Crippen molar-refractivity contribution in [3.8, 4) is 0 Å². The van der Waals surface area contributed by atoms with Gasteiger partial charge in [-0.15, -0.1) is 0 Å². The summed E-state index contributed by atoms with van der Waals surface area (Å²) in [6.07, 6.45) is 1.03. The molecule has 1 N–H and O–H groups in total. The van der Waals surface area contributed by atoms with Gasteiger partial charge in [0.05, 0.1) is 0 Å². The van der Waals surface area contributed by atoms with E-state index in [9.17, 15) is 0 Å². The molecule has 2 aromatic rings. The minimum Gasteiger partial charge on any atom is -0.313 e. The first-order valence-corrected chi connectivity index (χ1v) is 6.90. The molecule has 1 heteroatoms. The molecule has 0 radical (unpaired) electrons. The van der Waals surface area contributed by atoms with Gasteiger partial charge in [0.1, 0.15) is 0 Å². The number of hydrogen-bond acceptors (Lipinski definition) is 1. The highest BCUT2D eigenvalue weighted by molar-refractivity contribution is 5.40. The largest absolute Gasteiger partial charge is 0.313 e. The van der Waals surface area contributed by atoms with Crippen LogP contribution in [-0.4, -0.2) is 7.05 Å². The summed E-state index contributed by atoms with van der Waals surface area (Å²) in [5.41, 5.74) is 6.92. The van der Waals surface area contributed by atoms with Crippen LogP contribution >= 0.6 is 0 Å². The lowest BCUT2D eigenvalue weighted by molar-refractivity contribution is 0.585. The van der Waals surface area contributed by atoms with Gasteiger partial charge in [0.2, 0.25) is 0 Å². The standard InChI is InChI=1S/C18H23N/c1-13-10-14(2)18(15(3)11-13)17(19-4)12-16-8-6-5-7-9-16/h5-11,17,19H,12H2,1-4H3. The minimum atomic E-state index is 0.378. The molecule has 100 valence electrons. The van der Waals surface area contributed by atoms with Crippen molar-refractivity contribution in [2.24, 2.45) is 0 Å². The zero-order valence-corrected chi connectivity index (χ0v) is 12.3. The van der Waals surface area contributed by atoms with Gasteiger partial charge in [-0.3, -0.25) is 0 Å². The van der Waals surface area contributed by atoms with Crippen LogP contribution in [0, 0.1) is 20.8 Å². The third-order valence-corrected chi connectivity index (χ3v) is 3.72. The Balaban J connectivity index is 2.32. The fourth-order valence-corrected chi connectivity index (χ4v) is 2.94. The van der Waals surface area contributed by atoms with Crippen LogP contribution in [0.25, 0.3) is 0 Å². The topological polar surface area (TPSA) is 12.0 Å². The molecule has 0 aromatic heterocycles. The molecule has 0 bridgehead atoms. The molecule has 19 heavy (non-hydrogen) atoms. The summed E-state index contributed by atoms with van der Waals surface area (Å²) in [6.45, 7) is 6.59. The Morgan fingerprint density at radius 2 is 1.53 bits per heavy atom. The fraction of sp³-hybridized carbons (Fsp3) is 0.333. The lowest BCUT2D eigenvalue weighted by atomic mass is 9.90. The summed E-state index contributed by atoms with van der Waals surface area (Å²) in [6, 6.07) is 15.6. The highest BCUT2D eigenvalue weighted by atomic mass is 14.9. The predicted molar refractivity (Wildman–Crippen MR) is 82.6 cm³/mol. The van der Waals surface area contributed by atoms with Crippen LogP contribution < -0.4 is 5.32 Å². The van der Waals surface area contributed by atoms with Gasteiger partial charge in [0.25, 0.3) is 0 Å². The summed E-state index contributed by atoms with van der Waals surface area (Å²) in [4.78, 5) is 0. The average Bonchev–Trinajstić information content (AvgIpc) is 2.37. The van der Waals surface area contributed by atoms with Crippen LogP contribution in [0.4, 0.5) is 0 Å². The number of likely N-dealkylation sites (N-methyl/N-ethyl adjacent to an activating group) is 1. The Kier molecular flexibility index (Phi) is 4.39. The number of hydrogen-bond donors (Lipinski definition) is 1. The molecular formula is C18H23N. The molecular weight excluding hydrogens is 230 g/mol. The molecule has 0 saturated heterocycles. The lowest BCUT2D eigenvalue weighted by Crippen LogP contribution is -2.21. The number of aryl methyl sites for hydroxylation is 3. The van der Waals surface area contributed by atoms with Gasteiger partial charge in [-0.1, -0.05) is 48.0 Å². The number of rotatable bonds is 4. The Hall–Kier alpha value is -1.60. The molecule has 0 fully saturated rings. The maximum absolute atomic E-state index is 3.47. The quantitative estimate of drug-likeness (QED) is 0.864. The SMILES string of the molecule is CNC(Cc1ccccc1)c1c(C)cc(C)cc1C. The van der Waals surface area contributed by atoms with Crippen LogP contribution in [0.5, 0.6) is 0 Å². The number of nitrogens with one attached hydrogen (secondary N) is 1. The maximum Gasteiger partial charge on any atom is 0.0363 e. The zero-order chi connectivity index (χ0) is 13.8. The Bertz CT molecular complexity index is 520. The van der Waals surface area contributed by atoms with Crippen molar-refractivity contribution < 1.29 is 0 Å². The van der Waals surface area contributed by atoms with Crippen LogP contribution in [0.1, 0.15) is 33.9 Å². The van der Waals surface area contributed by atoms with Crippen LogP contribution in [0.15, 0.2) is 42.5 Å². The monoisotopic (exact) mass is 253 g/mol. The smallest absolute Gasteiger partial charge is 0.0363 e. The van der Waals surface area contributed by atoms with E-state index < -0.39 is 0 Å². The molecule has 1 nitrogen and oxygen atoms in total. The number of benzene rings is 2. The van der Waals surface area contributed by atoms with Crippen molar-refractivity contribution in [1.29, 1.82) is 0 Å². The molecule has 2 rings (SSSR count). The van der Waals surface area contributed by atoms with E-state index >= 15 is 0 Å². The molecule has 0 heterocycles. The third-order valence-electron chi connectivity index (χ3n) is 3.72. The minimum absolute atomic E-state index is 0.378. The molecule has 0 saturated carbocycles. The van der Waals surface area contributed by atoms with Gasteiger partial charge >= 0.3 is 0 Å². The average molecular weight is 253 g/mol. The van der Waals surface area contributed by atoms with Crippen molar-refractivity contribution in [1.82, 2.24) is 5.32 Å². The first-order chi connectivity index (χ1) is 9.11. The van der Waals surface area contributed by atoms with E-state index in [4.69, 9.17) is 0 Å². The van der Waals surface area contributed by atoms with E-state index in [1.807, 2.05) is 7.05 Å². The second-order valence-corrected chi connectivity index (χ2v) is 5.34.